The summed E-state index contributed by atoms with van der Waals surface area (Å²) >= 11 is 6.85. The SMILES string of the molecule is Oc1c(O)c2ccc(Br)cc2c2cc(Br)ccc12. The van der Waals surface area contributed by atoms with Gasteiger partial charge >= 0.3 is 0 Å². The Morgan fingerprint density at radius 1 is 0.611 bits per heavy atom. The minimum Gasteiger partial charge on any atom is -0.504 e. The molecule has 0 aliphatic rings. The lowest BCUT2D eigenvalue weighted by atomic mass is 10.0. The van der Waals surface area contributed by atoms with Crippen molar-refractivity contribution in [2.24, 2.45) is 0 Å². The van der Waals surface area contributed by atoms with Crippen molar-refractivity contribution in [2.75, 3.05) is 0 Å². The molecule has 0 amide bonds. The number of benzene rings is 3. The molecule has 0 aromatic heterocycles. The van der Waals surface area contributed by atoms with Crippen LogP contribution in [0.15, 0.2) is 45.3 Å². The highest BCUT2D eigenvalue weighted by molar-refractivity contribution is 9.10. The Morgan fingerprint density at radius 2 is 1.00 bits per heavy atom. The van der Waals surface area contributed by atoms with Gasteiger partial charge in [0.05, 0.1) is 0 Å². The van der Waals surface area contributed by atoms with Crippen LogP contribution in [-0.2, 0) is 0 Å². The van der Waals surface area contributed by atoms with Crippen LogP contribution >= 0.6 is 31.9 Å². The molecule has 0 radical (unpaired) electrons. The van der Waals surface area contributed by atoms with Crippen molar-refractivity contribution in [3.05, 3.63) is 45.3 Å². The molecule has 0 aliphatic carbocycles. The third kappa shape index (κ3) is 1.68. The van der Waals surface area contributed by atoms with E-state index in [0.717, 1.165) is 19.7 Å². The molecule has 0 saturated heterocycles. The number of hydrogen-bond acceptors (Lipinski definition) is 2. The highest BCUT2D eigenvalue weighted by Gasteiger charge is 2.13. The molecule has 3 aromatic rings. The fourth-order valence-electron chi connectivity index (χ4n) is 2.15. The third-order valence-electron chi connectivity index (χ3n) is 2.99. The maximum Gasteiger partial charge on any atom is 0.166 e. The van der Waals surface area contributed by atoms with Crippen molar-refractivity contribution in [2.45, 2.75) is 0 Å². The Hall–Kier alpha value is -1.26. The number of halogens is 2. The molecule has 90 valence electrons. The summed E-state index contributed by atoms with van der Waals surface area (Å²) in [5.41, 5.74) is 0. The fourth-order valence-corrected chi connectivity index (χ4v) is 2.87. The average Bonchev–Trinajstić information content (AvgIpc) is 2.36. The first kappa shape index (κ1) is 11.8. The largest absolute Gasteiger partial charge is 0.504 e. The van der Waals surface area contributed by atoms with Crippen molar-refractivity contribution in [1.29, 1.82) is 0 Å². The zero-order valence-electron chi connectivity index (χ0n) is 9.11. The van der Waals surface area contributed by atoms with Gasteiger partial charge in [-0.05, 0) is 47.2 Å². The molecule has 0 spiro atoms. The van der Waals surface area contributed by atoms with Crippen molar-refractivity contribution in [3.63, 3.8) is 0 Å². The Bertz CT molecular complexity index is 715. The molecule has 4 heteroatoms. The number of phenolic OH excluding ortho intramolecular Hbond substituents is 2. The number of aromatic hydroxyl groups is 2. The van der Waals surface area contributed by atoms with Crippen LogP contribution < -0.4 is 0 Å². The second kappa shape index (κ2) is 4.14. The Morgan fingerprint density at radius 3 is 1.39 bits per heavy atom. The number of fused-ring (bicyclic) bond motifs is 3. The molecule has 0 saturated carbocycles. The Balaban J connectivity index is 2.64. The van der Waals surface area contributed by atoms with Gasteiger partial charge in [0, 0.05) is 19.7 Å². The van der Waals surface area contributed by atoms with E-state index in [9.17, 15) is 10.2 Å². The van der Waals surface area contributed by atoms with Gasteiger partial charge in [0.15, 0.2) is 11.5 Å². The molecule has 2 N–H and O–H groups in total. The summed E-state index contributed by atoms with van der Waals surface area (Å²) in [7, 11) is 0. The normalized spacial score (nSPS) is 11.2. The van der Waals surface area contributed by atoms with E-state index >= 15 is 0 Å². The average molecular weight is 368 g/mol. The standard InChI is InChI=1S/C14H8Br2O2/c15-7-1-3-9-11(5-7)12-6-8(16)2-4-10(12)14(18)13(9)17/h1-6,17-18H. The predicted octanol–water partition coefficient (Wildman–Crippen LogP) is 4.93. The smallest absolute Gasteiger partial charge is 0.166 e. The van der Waals surface area contributed by atoms with Crippen LogP contribution in [0.2, 0.25) is 0 Å². The van der Waals surface area contributed by atoms with Gasteiger partial charge < -0.3 is 10.2 Å². The van der Waals surface area contributed by atoms with Crippen LogP contribution in [0.1, 0.15) is 0 Å². The molecule has 2 nitrogen and oxygen atoms in total. The van der Waals surface area contributed by atoms with E-state index in [1.807, 2.05) is 24.3 Å². The number of hydrogen-bond donors (Lipinski definition) is 2. The summed E-state index contributed by atoms with van der Waals surface area (Å²) in [6.45, 7) is 0. The van der Waals surface area contributed by atoms with E-state index in [1.54, 1.807) is 12.1 Å². The lowest BCUT2D eigenvalue weighted by Crippen LogP contribution is -1.82. The van der Waals surface area contributed by atoms with Gasteiger partial charge in [0.25, 0.3) is 0 Å². The maximum absolute atomic E-state index is 10.0. The monoisotopic (exact) mass is 366 g/mol. The molecule has 3 rings (SSSR count). The Kier molecular flexibility index (Phi) is 2.72. The summed E-state index contributed by atoms with van der Waals surface area (Å²) in [5, 5.41) is 23.2. The summed E-state index contributed by atoms with van der Waals surface area (Å²) in [4.78, 5) is 0. The van der Waals surface area contributed by atoms with E-state index in [4.69, 9.17) is 0 Å². The van der Waals surface area contributed by atoms with Crippen molar-refractivity contribution < 1.29 is 10.2 Å². The molecule has 0 fully saturated rings. The zero-order chi connectivity index (χ0) is 12.9. The predicted molar refractivity (Wildman–Crippen MR) is 80.2 cm³/mol. The molecule has 0 atom stereocenters. The molecule has 0 bridgehead atoms. The fraction of sp³-hybridized carbons (Fsp3) is 0. The van der Waals surface area contributed by atoms with E-state index in [2.05, 4.69) is 31.9 Å². The molecule has 0 heterocycles. The van der Waals surface area contributed by atoms with E-state index in [-0.39, 0.29) is 11.5 Å². The highest BCUT2D eigenvalue weighted by Crippen LogP contribution is 2.43. The van der Waals surface area contributed by atoms with Crippen LogP contribution in [-0.4, -0.2) is 10.2 Å². The molecule has 3 aromatic carbocycles. The number of rotatable bonds is 0. The van der Waals surface area contributed by atoms with Crippen molar-refractivity contribution >= 4 is 53.4 Å². The van der Waals surface area contributed by atoms with Gasteiger partial charge in [-0.2, -0.15) is 0 Å². The van der Waals surface area contributed by atoms with E-state index in [1.165, 1.54) is 0 Å². The second-order valence-corrected chi connectivity index (χ2v) is 5.91. The van der Waals surface area contributed by atoms with E-state index in [0.29, 0.717) is 10.8 Å². The number of phenols is 2. The molecule has 18 heavy (non-hydrogen) atoms. The summed E-state index contributed by atoms with van der Waals surface area (Å²) in [6.07, 6.45) is 0. The topological polar surface area (TPSA) is 40.5 Å². The van der Waals surface area contributed by atoms with Gasteiger partial charge in [-0.15, -0.1) is 0 Å². The highest BCUT2D eigenvalue weighted by atomic mass is 79.9. The minimum absolute atomic E-state index is 0.0766. The van der Waals surface area contributed by atoms with E-state index < -0.39 is 0 Å². The zero-order valence-corrected chi connectivity index (χ0v) is 12.3. The van der Waals surface area contributed by atoms with Crippen LogP contribution in [0.25, 0.3) is 21.5 Å². The lowest BCUT2D eigenvalue weighted by molar-refractivity contribution is 0.412. The van der Waals surface area contributed by atoms with Gasteiger partial charge in [0.2, 0.25) is 0 Å². The first-order valence-corrected chi connectivity index (χ1v) is 6.89. The summed E-state index contributed by atoms with van der Waals surface area (Å²) < 4.78 is 1.86. The molecule has 0 aliphatic heterocycles. The molecular formula is C14H8Br2O2. The van der Waals surface area contributed by atoms with Crippen molar-refractivity contribution in [1.82, 2.24) is 0 Å². The van der Waals surface area contributed by atoms with Crippen LogP contribution in [0.3, 0.4) is 0 Å². The summed E-state index contributed by atoms with van der Waals surface area (Å²) in [5.74, 6) is -0.153. The van der Waals surface area contributed by atoms with Gasteiger partial charge in [-0.25, -0.2) is 0 Å². The van der Waals surface area contributed by atoms with Gasteiger partial charge in [0.1, 0.15) is 0 Å². The lowest BCUT2D eigenvalue weighted by Gasteiger charge is -2.10. The minimum atomic E-state index is -0.0766. The maximum atomic E-state index is 10.0. The quantitative estimate of drug-likeness (QED) is 0.437. The Labute approximate surface area is 120 Å². The summed E-state index contributed by atoms with van der Waals surface area (Å²) in [6, 6.07) is 11.1. The van der Waals surface area contributed by atoms with Gasteiger partial charge in [-0.3, -0.25) is 0 Å². The molecular weight excluding hydrogens is 360 g/mol. The third-order valence-corrected chi connectivity index (χ3v) is 3.97. The second-order valence-electron chi connectivity index (χ2n) is 4.08. The van der Waals surface area contributed by atoms with Crippen LogP contribution in [0, 0.1) is 0 Å². The van der Waals surface area contributed by atoms with Crippen molar-refractivity contribution in [3.8, 4) is 11.5 Å². The van der Waals surface area contributed by atoms with Crippen LogP contribution in [0.5, 0.6) is 11.5 Å². The van der Waals surface area contributed by atoms with Crippen LogP contribution in [0.4, 0.5) is 0 Å². The first-order valence-electron chi connectivity index (χ1n) is 5.30. The van der Waals surface area contributed by atoms with Gasteiger partial charge in [-0.1, -0.05) is 31.9 Å². The molecule has 0 unspecified atom stereocenters. The first-order chi connectivity index (χ1) is 8.58.